The number of fused-ring (bicyclic) bond motifs is 2. The summed E-state index contributed by atoms with van der Waals surface area (Å²) >= 11 is 5.12. The molecular formula is C42H39F3N3O6S4+. The van der Waals surface area contributed by atoms with Crippen molar-refractivity contribution in [3.8, 4) is 0 Å². The zero-order valence-electron chi connectivity index (χ0n) is 30.9. The lowest BCUT2D eigenvalue weighted by Gasteiger charge is -2.28. The van der Waals surface area contributed by atoms with Crippen LogP contribution < -0.4 is 14.4 Å². The zero-order valence-corrected chi connectivity index (χ0v) is 34.2. The van der Waals surface area contributed by atoms with Gasteiger partial charge in [-0.1, -0.05) is 87.8 Å². The molecule has 1 aliphatic carbocycles. The van der Waals surface area contributed by atoms with Gasteiger partial charge in [0, 0.05) is 77.0 Å². The third kappa shape index (κ3) is 10.2. The van der Waals surface area contributed by atoms with Crippen LogP contribution in [0.1, 0.15) is 36.3 Å². The highest BCUT2D eigenvalue weighted by molar-refractivity contribution is 8.03. The van der Waals surface area contributed by atoms with Crippen LogP contribution in [0.15, 0.2) is 148 Å². The van der Waals surface area contributed by atoms with Crippen LogP contribution in [-0.2, 0) is 31.5 Å². The summed E-state index contributed by atoms with van der Waals surface area (Å²) in [5.41, 5.74) is 6.19. The normalized spacial score (nSPS) is 15.8. The number of hydrogen-bond donors (Lipinski definition) is 2. The van der Waals surface area contributed by atoms with E-state index in [0.29, 0.717) is 30.2 Å². The van der Waals surface area contributed by atoms with Crippen LogP contribution in [0, 0.1) is 0 Å². The Labute approximate surface area is 350 Å². The Kier molecular flexibility index (Phi) is 14.7. The van der Waals surface area contributed by atoms with Gasteiger partial charge < -0.3 is 9.80 Å². The van der Waals surface area contributed by atoms with Crippen molar-refractivity contribution in [2.45, 2.75) is 43.3 Å². The second kappa shape index (κ2) is 20.3. The summed E-state index contributed by atoms with van der Waals surface area (Å²) in [5.74, 6) is 1.07. The molecule has 9 nitrogen and oxygen atoms in total. The van der Waals surface area contributed by atoms with Gasteiger partial charge in [0.15, 0.2) is 6.54 Å². The van der Waals surface area contributed by atoms with Gasteiger partial charge in [-0.3, -0.25) is 0 Å². The molecule has 1 aromatic heterocycles. The smallest absolute Gasteiger partial charge is 0.335 e. The number of para-hydroxylation sites is 3. The largest absolute Gasteiger partial charge is 0.416 e. The number of rotatable bonds is 18. The Hall–Kier alpha value is -4.07. The van der Waals surface area contributed by atoms with E-state index in [0.717, 1.165) is 105 Å². The first kappa shape index (κ1) is 42.1. The molecule has 58 heavy (non-hydrogen) atoms. The summed E-state index contributed by atoms with van der Waals surface area (Å²) < 4.78 is 54.2. The van der Waals surface area contributed by atoms with Gasteiger partial charge in [0.2, 0.25) is 5.52 Å². The van der Waals surface area contributed by atoms with E-state index in [1.807, 2.05) is 59.5 Å². The molecule has 2 N–H and O–H groups in total. The van der Waals surface area contributed by atoms with Crippen molar-refractivity contribution in [1.82, 2.24) is 0 Å². The topological polar surface area (TPSA) is 87.7 Å². The number of aryl methyl sites for hydroxylation is 1. The fourth-order valence-electron chi connectivity index (χ4n) is 6.94. The van der Waals surface area contributed by atoms with Crippen LogP contribution in [0.5, 0.6) is 0 Å². The van der Waals surface area contributed by atoms with E-state index < -0.39 is 11.7 Å². The van der Waals surface area contributed by atoms with Crippen LogP contribution in [0.3, 0.4) is 0 Å². The maximum absolute atomic E-state index is 13.9. The second-order valence-electron chi connectivity index (χ2n) is 13.0. The number of hydrogen-bond acceptors (Lipinski definition) is 12. The van der Waals surface area contributed by atoms with E-state index in [2.05, 4.69) is 82.8 Å². The number of alkyl halides is 3. The Bertz CT molecular complexity index is 2250. The minimum absolute atomic E-state index is 0.422. The van der Waals surface area contributed by atoms with E-state index >= 15 is 0 Å². The predicted molar refractivity (Wildman–Crippen MR) is 227 cm³/mol. The zero-order chi connectivity index (χ0) is 40.3. The fourth-order valence-corrected chi connectivity index (χ4v) is 9.82. The summed E-state index contributed by atoms with van der Waals surface area (Å²) in [7, 11) is 0. The van der Waals surface area contributed by atoms with Crippen molar-refractivity contribution in [3.05, 3.63) is 154 Å². The van der Waals surface area contributed by atoms with Gasteiger partial charge >= 0.3 is 6.18 Å². The quantitative estimate of drug-likeness (QED) is 0.0290. The maximum atomic E-state index is 13.9. The molecule has 5 aromatic rings. The highest BCUT2D eigenvalue weighted by Gasteiger charge is 2.34. The summed E-state index contributed by atoms with van der Waals surface area (Å²) in [5, 5.41) is 26.4. The molecule has 0 bridgehead atoms. The van der Waals surface area contributed by atoms with Gasteiger partial charge in [0.25, 0.3) is 5.01 Å². The first-order valence-corrected chi connectivity index (χ1v) is 21.8. The summed E-state index contributed by atoms with van der Waals surface area (Å²) in [6, 6.07) is 32.6. The minimum Gasteiger partial charge on any atom is -0.335 e. The Morgan fingerprint density at radius 2 is 1.47 bits per heavy atom. The number of halogens is 3. The van der Waals surface area contributed by atoms with Crippen LogP contribution in [0.4, 0.5) is 30.2 Å². The molecule has 16 heteroatoms. The van der Waals surface area contributed by atoms with Crippen LogP contribution in [0.2, 0.25) is 0 Å². The fraction of sp³-hybridized carbons (Fsp3) is 0.214. The molecule has 2 heterocycles. The summed E-state index contributed by atoms with van der Waals surface area (Å²) in [6.45, 7) is 1.16. The van der Waals surface area contributed by atoms with Gasteiger partial charge in [-0.05, 0) is 91.1 Å². The lowest BCUT2D eigenvalue weighted by Crippen LogP contribution is -2.35. The van der Waals surface area contributed by atoms with Gasteiger partial charge in [0.1, 0.15) is 4.70 Å². The molecule has 0 unspecified atom stereocenters. The SMILES string of the molecule is OOOSCCCN1/C(=C/C=C2\CCC(/C=C/c3sc4ccccc4[n+]3CCCSOOO)=C2N(c2ccccc2)c2ccccc2)Sc2ccc(C(F)(F)F)cc21. The van der Waals surface area contributed by atoms with E-state index in [1.54, 1.807) is 11.3 Å². The van der Waals surface area contributed by atoms with Gasteiger partial charge in [0.05, 0.1) is 22.0 Å². The Balaban J connectivity index is 1.30. The van der Waals surface area contributed by atoms with E-state index in [9.17, 15) is 13.2 Å². The van der Waals surface area contributed by atoms with Gasteiger partial charge in [-0.25, -0.2) is 10.5 Å². The molecule has 7 rings (SSSR count). The number of benzene rings is 4. The van der Waals surface area contributed by atoms with Crippen LogP contribution in [-0.4, -0.2) is 28.6 Å². The third-order valence-corrected chi connectivity index (χ3v) is 12.9. The lowest BCUT2D eigenvalue weighted by molar-refractivity contribution is -0.668. The van der Waals surface area contributed by atoms with Crippen molar-refractivity contribution < 1.29 is 47.0 Å². The number of thiazole rings is 1. The highest BCUT2D eigenvalue weighted by atomic mass is 32.2. The number of aromatic nitrogens is 1. The first-order valence-electron chi connectivity index (χ1n) is 18.4. The summed E-state index contributed by atoms with van der Waals surface area (Å²) in [6.07, 6.45) is 6.88. The van der Waals surface area contributed by atoms with Gasteiger partial charge in [-0.15, -0.1) is 8.67 Å². The number of anilines is 3. The molecule has 0 amide bonds. The van der Waals surface area contributed by atoms with Crippen molar-refractivity contribution in [2.75, 3.05) is 27.9 Å². The highest BCUT2D eigenvalue weighted by Crippen LogP contribution is 2.49. The number of nitrogens with zero attached hydrogens (tertiary/aromatic N) is 3. The van der Waals surface area contributed by atoms with E-state index in [1.165, 1.54) is 28.6 Å². The molecule has 0 spiro atoms. The molecule has 302 valence electrons. The molecule has 0 atom stereocenters. The number of allylic oxidation sites excluding steroid dienone is 5. The molecule has 2 aliphatic rings. The van der Waals surface area contributed by atoms with Crippen molar-refractivity contribution in [1.29, 1.82) is 0 Å². The summed E-state index contributed by atoms with van der Waals surface area (Å²) in [4.78, 5) is 4.94. The molecule has 0 saturated carbocycles. The molecule has 4 aromatic carbocycles. The molecule has 1 aliphatic heterocycles. The lowest BCUT2D eigenvalue weighted by atomic mass is 10.1. The Morgan fingerprint density at radius 3 is 2.16 bits per heavy atom. The van der Waals surface area contributed by atoms with Crippen LogP contribution in [0.25, 0.3) is 16.3 Å². The number of thioether (sulfide) groups is 1. The van der Waals surface area contributed by atoms with Crippen molar-refractivity contribution >= 4 is 80.5 Å². The predicted octanol–water partition coefficient (Wildman–Crippen LogP) is 12.4. The maximum Gasteiger partial charge on any atom is 0.416 e. The van der Waals surface area contributed by atoms with E-state index in [-0.39, 0.29) is 0 Å². The van der Waals surface area contributed by atoms with Crippen LogP contribution >= 0.6 is 47.2 Å². The van der Waals surface area contributed by atoms with Crippen molar-refractivity contribution in [3.63, 3.8) is 0 Å². The molecular weight excluding hydrogens is 828 g/mol. The Morgan fingerprint density at radius 1 is 0.793 bits per heavy atom. The monoisotopic (exact) mass is 866 g/mol. The average molecular weight is 867 g/mol. The molecule has 0 radical (unpaired) electrons. The van der Waals surface area contributed by atoms with Crippen molar-refractivity contribution in [2.24, 2.45) is 0 Å². The van der Waals surface area contributed by atoms with E-state index in [4.69, 9.17) is 10.5 Å². The average Bonchev–Trinajstić information content (AvgIpc) is 3.92. The standard InChI is InChI=1S/C42H38F3N3O6S4/c43-42(44,45)32-21-22-38-36(29-32)47(26-10-28-56-54-52-50)40(58-38)24-20-31-18-17-30(41(31)48(33-11-3-1-4-12-33)34-13-5-2-6-14-34)19-23-39-46(25-9-27-55-53-51-49)35-15-7-8-16-37(35)57-39/h1-8,11-16,19-24,29H,9-10,17-18,25-28H2,(H-,49,50)/p+1. The first-order chi connectivity index (χ1) is 28.4. The molecule has 0 saturated heterocycles. The molecule has 0 fully saturated rings. The second-order valence-corrected chi connectivity index (χ2v) is 16.7. The third-order valence-electron chi connectivity index (χ3n) is 9.45. The van der Waals surface area contributed by atoms with Gasteiger partial charge in [-0.2, -0.15) is 17.7 Å². The minimum atomic E-state index is -4.48.